The van der Waals surface area contributed by atoms with Crippen LogP contribution in [-0.2, 0) is 16.1 Å². The van der Waals surface area contributed by atoms with E-state index in [1.54, 1.807) is 7.11 Å². The van der Waals surface area contributed by atoms with E-state index in [9.17, 15) is 14.4 Å². The molecule has 8 nitrogen and oxygen atoms in total. The van der Waals surface area contributed by atoms with Crippen molar-refractivity contribution < 1.29 is 19.1 Å². The lowest BCUT2D eigenvalue weighted by atomic mass is 9.98. The summed E-state index contributed by atoms with van der Waals surface area (Å²) in [5.74, 6) is 0.891. The van der Waals surface area contributed by atoms with Gasteiger partial charge in [0.05, 0.1) is 7.11 Å². The highest BCUT2D eigenvalue weighted by atomic mass is 16.5. The molecule has 0 aromatic heterocycles. The van der Waals surface area contributed by atoms with E-state index in [0.717, 1.165) is 51.1 Å². The number of hydrogen-bond acceptors (Lipinski definition) is 5. The highest BCUT2D eigenvalue weighted by Crippen LogP contribution is 2.35. The minimum absolute atomic E-state index is 0.0976. The molecule has 1 saturated carbocycles. The van der Waals surface area contributed by atoms with Crippen LogP contribution in [0.3, 0.4) is 0 Å². The van der Waals surface area contributed by atoms with Gasteiger partial charge in [0.15, 0.2) is 0 Å². The van der Waals surface area contributed by atoms with Gasteiger partial charge in [0.2, 0.25) is 5.91 Å². The molecular weight excluding hydrogens is 408 g/mol. The average molecular weight is 443 g/mol. The predicted octanol–water partition coefficient (Wildman–Crippen LogP) is 2.29. The fourth-order valence-electron chi connectivity index (χ4n) is 5.17. The van der Waals surface area contributed by atoms with Crippen molar-refractivity contribution in [3.05, 3.63) is 29.3 Å². The second-order valence-electron chi connectivity index (χ2n) is 9.25. The minimum Gasteiger partial charge on any atom is -0.496 e. The molecule has 0 bridgehead atoms. The molecule has 174 valence electrons. The van der Waals surface area contributed by atoms with Gasteiger partial charge in [-0.2, -0.15) is 0 Å². The van der Waals surface area contributed by atoms with Gasteiger partial charge in [-0.15, -0.1) is 0 Å². The van der Waals surface area contributed by atoms with Crippen molar-refractivity contribution in [2.75, 3.05) is 39.8 Å². The Labute approximate surface area is 189 Å². The van der Waals surface area contributed by atoms with Crippen LogP contribution in [0.4, 0.5) is 4.79 Å². The van der Waals surface area contributed by atoms with Crippen LogP contribution >= 0.6 is 0 Å². The van der Waals surface area contributed by atoms with Crippen molar-refractivity contribution in [3.63, 3.8) is 0 Å². The van der Waals surface area contributed by atoms with Crippen LogP contribution in [-0.4, -0.2) is 77.9 Å². The summed E-state index contributed by atoms with van der Waals surface area (Å²) in [5.41, 5.74) is 1.71. The number of methoxy groups -OCH3 is 1. The standard InChI is InChI=1S/C24H34N4O4/c1-18-7-8-20(32-2)19(16-18)17-26-12-14-27(15-13-26)21(29)6-5-11-28-22(30)24(25-23(28)31)9-3-4-10-24/h7-8,16H,3-6,9-15,17H2,1-2H3,(H,25,31). The number of rotatable bonds is 7. The van der Waals surface area contributed by atoms with Crippen molar-refractivity contribution in [2.24, 2.45) is 0 Å². The maximum atomic E-state index is 12.7. The van der Waals surface area contributed by atoms with Crippen molar-refractivity contribution in [3.8, 4) is 5.75 Å². The van der Waals surface area contributed by atoms with E-state index in [1.807, 2.05) is 17.0 Å². The number of aryl methyl sites for hydroxylation is 1. The molecule has 2 saturated heterocycles. The Morgan fingerprint density at radius 2 is 1.84 bits per heavy atom. The molecule has 1 aliphatic carbocycles. The van der Waals surface area contributed by atoms with Crippen LogP contribution in [0.2, 0.25) is 0 Å². The number of nitrogens with one attached hydrogen (secondary N) is 1. The van der Waals surface area contributed by atoms with Crippen LogP contribution in [0.15, 0.2) is 18.2 Å². The molecule has 2 heterocycles. The molecule has 0 radical (unpaired) electrons. The molecular formula is C24H34N4O4. The average Bonchev–Trinajstić information content (AvgIpc) is 3.34. The lowest BCUT2D eigenvalue weighted by Gasteiger charge is -2.35. The Hall–Kier alpha value is -2.61. The SMILES string of the molecule is COc1ccc(C)cc1CN1CCN(C(=O)CCCN2C(=O)NC3(CCCC3)C2=O)CC1. The third-order valence-corrected chi connectivity index (χ3v) is 7.03. The lowest BCUT2D eigenvalue weighted by molar-refractivity contribution is -0.134. The number of ether oxygens (including phenoxy) is 1. The highest BCUT2D eigenvalue weighted by molar-refractivity contribution is 6.07. The first-order valence-electron chi connectivity index (χ1n) is 11.7. The summed E-state index contributed by atoms with van der Waals surface area (Å²) >= 11 is 0. The molecule has 8 heteroatoms. The molecule has 3 aliphatic rings. The van der Waals surface area contributed by atoms with Gasteiger partial charge in [0.25, 0.3) is 5.91 Å². The molecule has 4 amide bonds. The fourth-order valence-corrected chi connectivity index (χ4v) is 5.17. The van der Waals surface area contributed by atoms with Crippen molar-refractivity contribution in [2.45, 2.75) is 57.5 Å². The van der Waals surface area contributed by atoms with E-state index in [-0.39, 0.29) is 17.8 Å². The summed E-state index contributed by atoms with van der Waals surface area (Å²) in [6.45, 7) is 6.22. The number of carbonyl (C=O) groups is 3. The highest BCUT2D eigenvalue weighted by Gasteiger charge is 2.52. The number of nitrogens with zero attached hydrogens (tertiary/aromatic N) is 3. The van der Waals surface area contributed by atoms with Crippen LogP contribution in [0, 0.1) is 6.92 Å². The molecule has 4 rings (SSSR count). The number of imide groups is 1. The number of hydrogen-bond donors (Lipinski definition) is 1. The molecule has 3 fully saturated rings. The second kappa shape index (κ2) is 9.48. The van der Waals surface area contributed by atoms with Gasteiger partial charge in [0.1, 0.15) is 11.3 Å². The van der Waals surface area contributed by atoms with Gasteiger partial charge in [-0.25, -0.2) is 4.79 Å². The first-order valence-corrected chi connectivity index (χ1v) is 11.7. The van der Waals surface area contributed by atoms with Gasteiger partial charge >= 0.3 is 6.03 Å². The third-order valence-electron chi connectivity index (χ3n) is 7.03. The zero-order chi connectivity index (χ0) is 22.7. The van der Waals surface area contributed by atoms with E-state index in [2.05, 4.69) is 23.2 Å². The summed E-state index contributed by atoms with van der Waals surface area (Å²) in [5, 5.41) is 2.89. The molecule has 1 aromatic carbocycles. The summed E-state index contributed by atoms with van der Waals surface area (Å²) in [4.78, 5) is 43.2. The van der Waals surface area contributed by atoms with E-state index in [1.165, 1.54) is 16.0 Å². The number of carbonyl (C=O) groups excluding carboxylic acids is 3. The van der Waals surface area contributed by atoms with E-state index in [4.69, 9.17) is 4.74 Å². The monoisotopic (exact) mass is 442 g/mol. The Bertz CT molecular complexity index is 873. The zero-order valence-electron chi connectivity index (χ0n) is 19.2. The second-order valence-corrected chi connectivity index (χ2v) is 9.25. The van der Waals surface area contributed by atoms with E-state index in [0.29, 0.717) is 32.5 Å². The number of benzene rings is 1. The first-order chi connectivity index (χ1) is 15.4. The molecule has 0 unspecified atom stereocenters. The molecule has 32 heavy (non-hydrogen) atoms. The normalized spacial score (nSPS) is 20.8. The maximum absolute atomic E-state index is 12.7. The molecule has 1 N–H and O–H groups in total. The van der Waals surface area contributed by atoms with Gasteiger partial charge in [-0.1, -0.05) is 30.5 Å². The summed E-state index contributed by atoms with van der Waals surface area (Å²) in [6.07, 6.45) is 4.27. The van der Waals surface area contributed by atoms with Gasteiger partial charge < -0.3 is 15.0 Å². The van der Waals surface area contributed by atoms with Crippen LogP contribution < -0.4 is 10.1 Å². The van der Waals surface area contributed by atoms with E-state index >= 15 is 0 Å². The van der Waals surface area contributed by atoms with Gasteiger partial charge in [0, 0.05) is 51.3 Å². The van der Waals surface area contributed by atoms with Crippen molar-refractivity contribution >= 4 is 17.8 Å². The minimum atomic E-state index is -0.669. The lowest BCUT2D eigenvalue weighted by Crippen LogP contribution is -2.48. The molecule has 0 atom stereocenters. The molecule has 1 aromatic rings. The quantitative estimate of drug-likeness (QED) is 0.656. The summed E-state index contributed by atoms with van der Waals surface area (Å²) < 4.78 is 5.49. The Morgan fingerprint density at radius 1 is 1.12 bits per heavy atom. The smallest absolute Gasteiger partial charge is 0.325 e. The predicted molar refractivity (Wildman–Crippen MR) is 120 cm³/mol. The van der Waals surface area contributed by atoms with Crippen molar-refractivity contribution in [1.82, 2.24) is 20.0 Å². The topological polar surface area (TPSA) is 82.2 Å². The first kappa shape index (κ1) is 22.6. The van der Waals surface area contributed by atoms with Gasteiger partial charge in [-0.05, 0) is 32.3 Å². The number of piperazine rings is 1. The third kappa shape index (κ3) is 4.60. The van der Waals surface area contributed by atoms with Crippen molar-refractivity contribution in [1.29, 1.82) is 0 Å². The Morgan fingerprint density at radius 3 is 2.53 bits per heavy atom. The molecule has 2 aliphatic heterocycles. The Balaban J connectivity index is 1.21. The molecule has 1 spiro atoms. The maximum Gasteiger partial charge on any atom is 0.325 e. The van der Waals surface area contributed by atoms with E-state index < -0.39 is 5.54 Å². The van der Waals surface area contributed by atoms with Crippen LogP contribution in [0.25, 0.3) is 0 Å². The summed E-state index contributed by atoms with van der Waals surface area (Å²) in [7, 11) is 1.69. The Kier molecular flexibility index (Phi) is 6.69. The number of amides is 4. The van der Waals surface area contributed by atoms with Gasteiger partial charge in [-0.3, -0.25) is 19.4 Å². The zero-order valence-corrected chi connectivity index (χ0v) is 19.2. The summed E-state index contributed by atoms with van der Waals surface area (Å²) in [6, 6.07) is 5.91. The van der Waals surface area contributed by atoms with Crippen LogP contribution in [0.5, 0.6) is 5.75 Å². The number of urea groups is 1. The fraction of sp³-hybridized carbons (Fsp3) is 0.625. The largest absolute Gasteiger partial charge is 0.496 e. The van der Waals surface area contributed by atoms with Crippen LogP contribution in [0.1, 0.15) is 49.7 Å².